The van der Waals surface area contributed by atoms with E-state index in [4.69, 9.17) is 0 Å². The number of benzene rings is 1. The highest BCUT2D eigenvalue weighted by Crippen LogP contribution is 2.25. The van der Waals surface area contributed by atoms with Crippen LogP contribution in [0.25, 0.3) is 0 Å². The predicted molar refractivity (Wildman–Crippen MR) is 94.1 cm³/mol. The highest BCUT2D eigenvalue weighted by molar-refractivity contribution is 7.91. The Morgan fingerprint density at radius 2 is 2.04 bits per heavy atom. The molecule has 1 aromatic rings. The summed E-state index contributed by atoms with van der Waals surface area (Å²) in [5, 5.41) is 3.52. The van der Waals surface area contributed by atoms with Crippen LogP contribution >= 0.6 is 0 Å². The minimum Gasteiger partial charge on any atom is -0.313 e. The first-order chi connectivity index (χ1) is 11.0. The predicted octanol–water partition coefficient (Wildman–Crippen LogP) is 2.06. The van der Waals surface area contributed by atoms with Gasteiger partial charge in [0.15, 0.2) is 9.84 Å². The lowest BCUT2D eigenvalue weighted by Gasteiger charge is -2.24. The molecule has 0 amide bonds. The van der Waals surface area contributed by atoms with Gasteiger partial charge in [0.1, 0.15) is 0 Å². The topological polar surface area (TPSA) is 49.4 Å². The number of likely N-dealkylation sites (tertiary alicyclic amines) is 1. The molecule has 1 N–H and O–H groups in total. The second-order valence-corrected chi connectivity index (χ2v) is 9.46. The summed E-state index contributed by atoms with van der Waals surface area (Å²) in [6.45, 7) is 5.35. The molecule has 2 aliphatic heterocycles. The lowest BCUT2D eigenvalue weighted by molar-refractivity contribution is 0.254. The van der Waals surface area contributed by atoms with E-state index < -0.39 is 9.84 Å². The molecule has 2 aliphatic rings. The van der Waals surface area contributed by atoms with Gasteiger partial charge in [0.2, 0.25) is 0 Å². The molecule has 2 heterocycles. The van der Waals surface area contributed by atoms with Gasteiger partial charge in [-0.2, -0.15) is 0 Å². The monoisotopic (exact) mass is 336 g/mol. The van der Waals surface area contributed by atoms with Crippen molar-refractivity contribution in [2.24, 2.45) is 5.92 Å². The lowest BCUT2D eigenvalue weighted by atomic mass is 10.1. The number of nitrogens with one attached hydrogen (secondary N) is 1. The standard InChI is InChI=1S/C18H28N2O2S/c1-15-10-17(11-19-18-8-5-9-23(21,22)14-18)13-20(15)12-16-6-3-2-4-7-16/h2-4,6-7,15,17-19H,5,8-14H2,1H3/t15-,17+,18+/m1/s1. The van der Waals surface area contributed by atoms with Gasteiger partial charge in [-0.1, -0.05) is 30.3 Å². The first kappa shape index (κ1) is 16.9. The molecule has 5 heteroatoms. The Labute approximate surface area is 140 Å². The number of sulfone groups is 1. The van der Waals surface area contributed by atoms with Gasteiger partial charge in [-0.3, -0.25) is 4.90 Å². The van der Waals surface area contributed by atoms with Gasteiger partial charge in [0.25, 0.3) is 0 Å². The van der Waals surface area contributed by atoms with Gasteiger partial charge in [-0.25, -0.2) is 8.42 Å². The summed E-state index contributed by atoms with van der Waals surface area (Å²) in [5.74, 6) is 1.32. The molecule has 0 saturated carbocycles. The summed E-state index contributed by atoms with van der Waals surface area (Å²) in [5.41, 5.74) is 1.37. The first-order valence-corrected chi connectivity index (χ1v) is 10.6. The summed E-state index contributed by atoms with van der Waals surface area (Å²) < 4.78 is 23.4. The largest absolute Gasteiger partial charge is 0.313 e. The molecule has 0 unspecified atom stereocenters. The van der Waals surface area contributed by atoms with Crippen molar-refractivity contribution in [3.8, 4) is 0 Å². The molecule has 3 rings (SSSR count). The zero-order chi connectivity index (χ0) is 16.3. The van der Waals surface area contributed by atoms with Crippen LogP contribution in [0, 0.1) is 5.92 Å². The molecular formula is C18H28N2O2S. The molecule has 23 heavy (non-hydrogen) atoms. The van der Waals surface area contributed by atoms with E-state index in [1.165, 1.54) is 12.0 Å². The maximum absolute atomic E-state index is 11.7. The Morgan fingerprint density at radius 3 is 2.78 bits per heavy atom. The van der Waals surface area contributed by atoms with Crippen molar-refractivity contribution >= 4 is 9.84 Å². The molecule has 2 saturated heterocycles. The molecule has 3 atom stereocenters. The molecule has 0 bridgehead atoms. The quantitative estimate of drug-likeness (QED) is 0.894. The number of rotatable bonds is 5. The van der Waals surface area contributed by atoms with Crippen LogP contribution in [0.4, 0.5) is 0 Å². The minimum absolute atomic E-state index is 0.159. The Kier molecular flexibility index (Phi) is 5.39. The fourth-order valence-corrected chi connectivity index (χ4v) is 5.59. The zero-order valence-electron chi connectivity index (χ0n) is 13.9. The van der Waals surface area contributed by atoms with Crippen LogP contribution in [0.3, 0.4) is 0 Å². The maximum atomic E-state index is 11.7. The number of hydrogen-bond donors (Lipinski definition) is 1. The highest BCUT2D eigenvalue weighted by Gasteiger charge is 2.30. The molecule has 0 radical (unpaired) electrons. The van der Waals surface area contributed by atoms with Gasteiger partial charge in [0, 0.05) is 25.2 Å². The molecular weight excluding hydrogens is 308 g/mol. The fraction of sp³-hybridized carbons (Fsp3) is 0.667. The first-order valence-electron chi connectivity index (χ1n) is 8.73. The van der Waals surface area contributed by atoms with E-state index in [1.807, 2.05) is 0 Å². The number of nitrogens with zero attached hydrogens (tertiary/aromatic N) is 1. The molecule has 4 nitrogen and oxygen atoms in total. The second kappa shape index (κ2) is 7.32. The van der Waals surface area contributed by atoms with Crippen molar-refractivity contribution in [1.29, 1.82) is 0 Å². The van der Waals surface area contributed by atoms with E-state index in [1.54, 1.807) is 0 Å². The van der Waals surface area contributed by atoms with E-state index in [0.717, 1.165) is 32.5 Å². The summed E-state index contributed by atoms with van der Waals surface area (Å²) in [4.78, 5) is 2.54. The van der Waals surface area contributed by atoms with Crippen molar-refractivity contribution in [1.82, 2.24) is 10.2 Å². The normalized spacial score (nSPS) is 31.3. The van der Waals surface area contributed by atoms with Gasteiger partial charge >= 0.3 is 0 Å². The third-order valence-electron chi connectivity index (χ3n) is 5.18. The van der Waals surface area contributed by atoms with Crippen LogP contribution in [-0.2, 0) is 16.4 Å². The van der Waals surface area contributed by atoms with Gasteiger partial charge in [0.05, 0.1) is 11.5 Å². The van der Waals surface area contributed by atoms with E-state index in [2.05, 4.69) is 47.5 Å². The summed E-state index contributed by atoms with van der Waals surface area (Å²) in [6.07, 6.45) is 3.00. The highest BCUT2D eigenvalue weighted by atomic mass is 32.2. The van der Waals surface area contributed by atoms with Crippen LogP contribution in [0.2, 0.25) is 0 Å². The van der Waals surface area contributed by atoms with Crippen molar-refractivity contribution in [3.63, 3.8) is 0 Å². The molecule has 1 aromatic carbocycles. The van der Waals surface area contributed by atoms with E-state index in [0.29, 0.717) is 23.5 Å². The van der Waals surface area contributed by atoms with Crippen molar-refractivity contribution in [2.45, 2.75) is 44.8 Å². The summed E-state index contributed by atoms with van der Waals surface area (Å²) in [6, 6.07) is 11.4. The van der Waals surface area contributed by atoms with Crippen LogP contribution in [0.1, 0.15) is 31.7 Å². The summed E-state index contributed by atoms with van der Waals surface area (Å²) >= 11 is 0. The third-order valence-corrected chi connectivity index (χ3v) is 7.00. The minimum atomic E-state index is -2.81. The Balaban J connectivity index is 1.47. The fourth-order valence-electron chi connectivity index (χ4n) is 3.92. The smallest absolute Gasteiger partial charge is 0.151 e. The van der Waals surface area contributed by atoms with Crippen LogP contribution in [0.5, 0.6) is 0 Å². The molecule has 128 valence electrons. The van der Waals surface area contributed by atoms with E-state index >= 15 is 0 Å². The van der Waals surface area contributed by atoms with E-state index in [-0.39, 0.29) is 6.04 Å². The van der Waals surface area contributed by atoms with Gasteiger partial charge < -0.3 is 5.32 Å². The van der Waals surface area contributed by atoms with Crippen molar-refractivity contribution < 1.29 is 8.42 Å². The molecule has 0 spiro atoms. The van der Waals surface area contributed by atoms with Crippen LogP contribution < -0.4 is 5.32 Å². The third kappa shape index (κ3) is 4.78. The Morgan fingerprint density at radius 1 is 1.26 bits per heavy atom. The SMILES string of the molecule is C[C@@H]1C[C@@H](CN[C@H]2CCCS(=O)(=O)C2)CN1Cc1ccccc1. The average Bonchev–Trinajstić information content (AvgIpc) is 2.85. The Bertz CT molecular complexity index is 603. The average molecular weight is 337 g/mol. The number of hydrogen-bond acceptors (Lipinski definition) is 4. The Hall–Kier alpha value is -0.910. The van der Waals surface area contributed by atoms with Crippen molar-refractivity contribution in [2.75, 3.05) is 24.6 Å². The zero-order valence-corrected chi connectivity index (χ0v) is 14.8. The summed E-state index contributed by atoms with van der Waals surface area (Å²) in [7, 11) is -2.81. The van der Waals surface area contributed by atoms with Crippen LogP contribution in [0.15, 0.2) is 30.3 Å². The molecule has 0 aromatic heterocycles. The molecule has 0 aliphatic carbocycles. The maximum Gasteiger partial charge on any atom is 0.151 e. The van der Waals surface area contributed by atoms with Crippen LogP contribution in [-0.4, -0.2) is 50.0 Å². The van der Waals surface area contributed by atoms with E-state index in [9.17, 15) is 8.42 Å². The van der Waals surface area contributed by atoms with Crippen molar-refractivity contribution in [3.05, 3.63) is 35.9 Å². The van der Waals surface area contributed by atoms with Gasteiger partial charge in [-0.15, -0.1) is 0 Å². The second-order valence-electron chi connectivity index (χ2n) is 7.23. The van der Waals surface area contributed by atoms with Gasteiger partial charge in [-0.05, 0) is 44.2 Å². The lowest BCUT2D eigenvalue weighted by Crippen LogP contribution is -2.42. The molecule has 2 fully saturated rings.